The highest BCUT2D eigenvalue weighted by Gasteiger charge is 2.27. The van der Waals surface area contributed by atoms with Crippen LogP contribution in [-0.2, 0) is 7.05 Å². The van der Waals surface area contributed by atoms with Crippen molar-refractivity contribution >= 4 is 16.9 Å². The molecule has 27 heavy (non-hydrogen) atoms. The average molecular weight is 371 g/mol. The summed E-state index contributed by atoms with van der Waals surface area (Å²) < 4.78 is 14.5. The smallest absolute Gasteiger partial charge is 0.328 e. The van der Waals surface area contributed by atoms with Crippen molar-refractivity contribution in [3.63, 3.8) is 0 Å². The first-order valence-electron chi connectivity index (χ1n) is 8.67. The molecule has 0 atom stereocenters. The maximum atomic E-state index is 13.3. The lowest BCUT2D eigenvalue weighted by molar-refractivity contribution is 0.0708. The van der Waals surface area contributed by atoms with Crippen molar-refractivity contribution in [1.82, 2.24) is 24.4 Å². The SMILES string of the molecule is Cn1cc(C(=O)N2CCC(c3nc4ccc(F)cc4[nH]3)CC2)c(=O)[nH]c1=O. The Bertz CT molecular complexity index is 1140. The van der Waals surface area contributed by atoms with Gasteiger partial charge in [-0.15, -0.1) is 0 Å². The zero-order chi connectivity index (χ0) is 19.1. The Morgan fingerprint density at radius 2 is 1.96 bits per heavy atom. The molecule has 2 aromatic heterocycles. The van der Waals surface area contributed by atoms with Crippen molar-refractivity contribution in [2.24, 2.45) is 7.05 Å². The molecule has 0 saturated carbocycles. The third-order valence-corrected chi connectivity index (χ3v) is 4.97. The van der Waals surface area contributed by atoms with E-state index in [1.54, 1.807) is 11.0 Å². The van der Waals surface area contributed by atoms with Crippen molar-refractivity contribution in [2.75, 3.05) is 13.1 Å². The molecule has 0 spiro atoms. The summed E-state index contributed by atoms with van der Waals surface area (Å²) in [6.45, 7) is 0.939. The van der Waals surface area contributed by atoms with E-state index in [2.05, 4.69) is 15.0 Å². The van der Waals surface area contributed by atoms with Gasteiger partial charge < -0.3 is 14.5 Å². The molecule has 1 aliphatic heterocycles. The van der Waals surface area contributed by atoms with E-state index in [0.717, 1.165) is 5.82 Å². The number of carbonyl (C=O) groups is 1. The van der Waals surface area contributed by atoms with Gasteiger partial charge in [-0.1, -0.05) is 0 Å². The normalized spacial score (nSPS) is 15.4. The number of H-pyrrole nitrogens is 2. The first kappa shape index (κ1) is 17.2. The van der Waals surface area contributed by atoms with Crippen molar-refractivity contribution in [1.29, 1.82) is 0 Å². The molecule has 0 unspecified atom stereocenters. The summed E-state index contributed by atoms with van der Waals surface area (Å²) in [5.74, 6) is 0.197. The number of nitrogens with one attached hydrogen (secondary N) is 2. The summed E-state index contributed by atoms with van der Waals surface area (Å²) in [6.07, 6.45) is 2.62. The minimum absolute atomic E-state index is 0.0465. The molecule has 0 bridgehead atoms. The number of aryl methyl sites for hydroxylation is 1. The topological polar surface area (TPSA) is 104 Å². The van der Waals surface area contributed by atoms with Crippen molar-refractivity contribution < 1.29 is 9.18 Å². The number of benzene rings is 1. The Hall–Kier alpha value is -3.23. The van der Waals surface area contributed by atoms with Gasteiger partial charge in [0.2, 0.25) is 0 Å². The predicted molar refractivity (Wildman–Crippen MR) is 96.2 cm³/mol. The van der Waals surface area contributed by atoms with Gasteiger partial charge in [0.25, 0.3) is 11.5 Å². The summed E-state index contributed by atoms with van der Waals surface area (Å²) >= 11 is 0. The van der Waals surface area contributed by atoms with Gasteiger partial charge in [0, 0.05) is 32.3 Å². The van der Waals surface area contributed by atoms with Crippen LogP contribution >= 0.6 is 0 Å². The van der Waals surface area contributed by atoms with Crippen LogP contribution in [0.25, 0.3) is 11.0 Å². The molecule has 2 N–H and O–H groups in total. The van der Waals surface area contributed by atoms with Crippen LogP contribution in [0.5, 0.6) is 0 Å². The lowest BCUT2D eigenvalue weighted by atomic mass is 9.96. The quantitative estimate of drug-likeness (QED) is 0.704. The molecule has 3 aromatic rings. The van der Waals surface area contributed by atoms with Gasteiger partial charge in [0.05, 0.1) is 11.0 Å². The number of aromatic nitrogens is 4. The summed E-state index contributed by atoms with van der Waals surface area (Å²) in [4.78, 5) is 47.4. The largest absolute Gasteiger partial charge is 0.342 e. The Labute approximate surface area is 152 Å². The molecule has 140 valence electrons. The number of hydrogen-bond acceptors (Lipinski definition) is 4. The Balaban J connectivity index is 1.49. The first-order chi connectivity index (χ1) is 12.9. The van der Waals surface area contributed by atoms with E-state index >= 15 is 0 Å². The van der Waals surface area contributed by atoms with Gasteiger partial charge in [-0.05, 0) is 31.0 Å². The van der Waals surface area contributed by atoms with Gasteiger partial charge in [-0.2, -0.15) is 0 Å². The average Bonchev–Trinajstić information content (AvgIpc) is 3.07. The molecule has 1 fully saturated rings. The van der Waals surface area contributed by atoms with Crippen molar-refractivity contribution in [2.45, 2.75) is 18.8 Å². The summed E-state index contributed by atoms with van der Waals surface area (Å²) in [5, 5.41) is 0. The number of rotatable bonds is 2. The zero-order valence-electron chi connectivity index (χ0n) is 14.7. The fourth-order valence-electron chi connectivity index (χ4n) is 3.44. The van der Waals surface area contributed by atoms with E-state index in [0.29, 0.717) is 37.0 Å². The maximum absolute atomic E-state index is 13.3. The van der Waals surface area contributed by atoms with Crippen LogP contribution in [0.1, 0.15) is 34.9 Å². The van der Waals surface area contributed by atoms with Crippen LogP contribution in [0.15, 0.2) is 34.0 Å². The van der Waals surface area contributed by atoms with Crippen LogP contribution in [0.3, 0.4) is 0 Å². The van der Waals surface area contributed by atoms with Gasteiger partial charge in [0.15, 0.2) is 0 Å². The molecule has 9 heteroatoms. The first-order valence-corrected chi connectivity index (χ1v) is 8.67. The molecule has 8 nitrogen and oxygen atoms in total. The van der Waals surface area contributed by atoms with Crippen molar-refractivity contribution in [3.05, 3.63) is 62.4 Å². The number of hydrogen-bond donors (Lipinski definition) is 2. The van der Waals surface area contributed by atoms with Gasteiger partial charge in [-0.3, -0.25) is 14.6 Å². The standard InChI is InChI=1S/C18H18FN5O3/c1-23-9-12(16(25)22-18(23)27)17(26)24-6-4-10(5-7-24)15-20-13-3-2-11(19)8-14(13)21-15/h2-3,8-10H,4-7H2,1H3,(H,20,21)(H,22,25,27). The number of amides is 1. The second kappa shape index (κ2) is 6.49. The molecule has 0 radical (unpaired) electrons. The summed E-state index contributed by atoms with van der Waals surface area (Å²) in [5.41, 5.74) is 0.0813. The number of aromatic amines is 2. The molecule has 4 rings (SSSR count). The molecular formula is C18H18FN5O3. The fourth-order valence-corrected chi connectivity index (χ4v) is 3.44. The molecule has 1 aliphatic rings. The predicted octanol–water partition coefficient (Wildman–Crippen LogP) is 1.11. The number of imidazole rings is 1. The number of likely N-dealkylation sites (tertiary alicyclic amines) is 1. The highest BCUT2D eigenvalue weighted by atomic mass is 19.1. The van der Waals surface area contributed by atoms with E-state index in [-0.39, 0.29) is 17.3 Å². The van der Waals surface area contributed by atoms with Gasteiger partial charge >= 0.3 is 5.69 Å². The number of piperidine rings is 1. The Morgan fingerprint density at radius 3 is 2.70 bits per heavy atom. The summed E-state index contributed by atoms with van der Waals surface area (Å²) in [7, 11) is 1.48. The highest BCUT2D eigenvalue weighted by molar-refractivity contribution is 5.93. The highest BCUT2D eigenvalue weighted by Crippen LogP contribution is 2.28. The molecule has 1 amide bonds. The zero-order valence-corrected chi connectivity index (χ0v) is 14.7. The Kier molecular flexibility index (Phi) is 4.14. The van der Waals surface area contributed by atoms with Crippen LogP contribution in [0.2, 0.25) is 0 Å². The number of nitrogens with zero attached hydrogens (tertiary/aromatic N) is 3. The van der Waals surface area contributed by atoms with E-state index in [9.17, 15) is 18.8 Å². The third-order valence-electron chi connectivity index (χ3n) is 4.97. The minimum atomic E-state index is -0.676. The second-order valence-corrected chi connectivity index (χ2v) is 6.76. The fraction of sp³-hybridized carbons (Fsp3) is 0.333. The van der Waals surface area contributed by atoms with E-state index in [1.165, 1.54) is 29.9 Å². The van der Waals surface area contributed by atoms with Crippen LogP contribution < -0.4 is 11.2 Å². The van der Waals surface area contributed by atoms with Gasteiger partial charge in [-0.25, -0.2) is 14.2 Å². The molecular weight excluding hydrogens is 353 g/mol. The second-order valence-electron chi connectivity index (χ2n) is 6.76. The Morgan fingerprint density at radius 1 is 1.22 bits per heavy atom. The lowest BCUT2D eigenvalue weighted by Gasteiger charge is -2.31. The van der Waals surface area contributed by atoms with Crippen LogP contribution in [0, 0.1) is 5.82 Å². The third kappa shape index (κ3) is 3.16. The lowest BCUT2D eigenvalue weighted by Crippen LogP contribution is -2.42. The maximum Gasteiger partial charge on any atom is 0.328 e. The number of halogens is 1. The van der Waals surface area contributed by atoms with Crippen LogP contribution in [0.4, 0.5) is 4.39 Å². The molecule has 1 saturated heterocycles. The number of carbonyl (C=O) groups excluding carboxylic acids is 1. The number of fused-ring (bicyclic) bond motifs is 1. The van der Waals surface area contributed by atoms with E-state index < -0.39 is 17.2 Å². The summed E-state index contributed by atoms with van der Waals surface area (Å²) in [6, 6.07) is 4.42. The van der Waals surface area contributed by atoms with Crippen LogP contribution in [-0.4, -0.2) is 43.4 Å². The molecule has 3 heterocycles. The van der Waals surface area contributed by atoms with E-state index in [1.807, 2.05) is 0 Å². The molecule has 1 aromatic carbocycles. The monoisotopic (exact) mass is 371 g/mol. The molecule has 0 aliphatic carbocycles. The van der Waals surface area contributed by atoms with Crippen molar-refractivity contribution in [3.8, 4) is 0 Å². The van der Waals surface area contributed by atoms with Gasteiger partial charge in [0.1, 0.15) is 17.2 Å². The minimum Gasteiger partial charge on any atom is -0.342 e. The van der Waals surface area contributed by atoms with E-state index in [4.69, 9.17) is 0 Å².